The first-order valence-corrected chi connectivity index (χ1v) is 8.09. The van der Waals surface area contributed by atoms with Gasteiger partial charge in [0.05, 0.1) is 15.6 Å². The molecule has 0 amide bonds. The molecule has 1 heterocycles. The average Bonchev–Trinajstić information content (AvgIpc) is 2.34. The van der Waals surface area contributed by atoms with Crippen molar-refractivity contribution in [2.45, 2.75) is 31.1 Å². The molecule has 2 rings (SSSR count). The third-order valence-corrected chi connectivity index (χ3v) is 5.03. The van der Waals surface area contributed by atoms with Crippen molar-refractivity contribution in [3.05, 3.63) is 22.7 Å². The zero-order valence-corrected chi connectivity index (χ0v) is 12.4. The second-order valence-corrected chi connectivity index (χ2v) is 6.82. The number of nitrogen functional groups attached to an aromatic ring is 1. The lowest BCUT2D eigenvalue weighted by atomic mass is 10.2. The van der Waals surface area contributed by atoms with Crippen LogP contribution in [0.25, 0.3) is 0 Å². The first kappa shape index (κ1) is 14.6. The normalized spacial score (nSPS) is 17.6. The molecule has 1 aromatic rings. The van der Waals surface area contributed by atoms with Gasteiger partial charge in [0.15, 0.2) is 0 Å². The number of anilines is 1. The Kier molecular flexibility index (Phi) is 4.35. The Balaban J connectivity index is 2.26. The Labute approximate surface area is 118 Å². The van der Waals surface area contributed by atoms with Gasteiger partial charge >= 0.3 is 0 Å². The number of hydrogen-bond donors (Lipinski definition) is 2. The lowest BCUT2D eigenvalue weighted by molar-refractivity contribution is 0.200. The smallest absolute Gasteiger partial charge is 0.253 e. The van der Waals surface area contributed by atoms with Crippen LogP contribution in [0.4, 0.5) is 5.69 Å². The zero-order valence-electron chi connectivity index (χ0n) is 10.8. The van der Waals surface area contributed by atoms with E-state index in [0.717, 1.165) is 32.4 Å². The van der Waals surface area contributed by atoms with E-state index in [0.29, 0.717) is 10.6 Å². The first-order valence-electron chi connectivity index (χ1n) is 6.23. The molecule has 1 aromatic carbocycles. The number of hydrogen-bond acceptors (Lipinski definition) is 4. The van der Waals surface area contributed by atoms with E-state index in [1.54, 1.807) is 18.0 Å². The molecule has 7 heteroatoms. The molecule has 1 aliphatic heterocycles. The van der Waals surface area contributed by atoms with Crippen molar-refractivity contribution in [1.29, 1.82) is 0 Å². The fourth-order valence-electron chi connectivity index (χ4n) is 2.16. The topological polar surface area (TPSA) is 75.4 Å². The molecule has 3 N–H and O–H groups in total. The largest absolute Gasteiger partial charge is 0.397 e. The highest BCUT2D eigenvalue weighted by atomic mass is 35.5. The number of piperidine rings is 1. The van der Waals surface area contributed by atoms with Crippen LogP contribution in [-0.4, -0.2) is 26.5 Å². The van der Waals surface area contributed by atoms with Crippen LogP contribution in [0.3, 0.4) is 0 Å². The highest BCUT2D eigenvalue weighted by Crippen LogP contribution is 2.26. The van der Waals surface area contributed by atoms with E-state index in [2.05, 4.69) is 4.83 Å². The van der Waals surface area contributed by atoms with Gasteiger partial charge in [0.1, 0.15) is 0 Å². The third-order valence-electron chi connectivity index (χ3n) is 3.19. The molecule has 0 saturated carbocycles. The number of nitrogens with two attached hydrogens (primary N) is 1. The maximum absolute atomic E-state index is 12.3. The molecular formula is C12H18ClN3O2S. The molecule has 0 spiro atoms. The van der Waals surface area contributed by atoms with E-state index in [9.17, 15) is 8.42 Å². The Morgan fingerprint density at radius 3 is 2.53 bits per heavy atom. The van der Waals surface area contributed by atoms with E-state index < -0.39 is 10.0 Å². The van der Waals surface area contributed by atoms with Gasteiger partial charge in [0, 0.05) is 13.1 Å². The van der Waals surface area contributed by atoms with Crippen LogP contribution < -0.4 is 10.6 Å². The summed E-state index contributed by atoms with van der Waals surface area (Å²) in [6, 6.07) is 2.98. The summed E-state index contributed by atoms with van der Waals surface area (Å²) >= 11 is 5.88. The second-order valence-electron chi connectivity index (χ2n) is 4.78. The number of hydrazine groups is 1. The van der Waals surface area contributed by atoms with E-state index in [1.807, 2.05) is 0 Å². The molecular weight excluding hydrogens is 286 g/mol. The molecule has 1 aliphatic rings. The van der Waals surface area contributed by atoms with Gasteiger partial charge in [0.2, 0.25) is 0 Å². The summed E-state index contributed by atoms with van der Waals surface area (Å²) in [4.78, 5) is 2.79. The van der Waals surface area contributed by atoms with Crippen LogP contribution in [0.5, 0.6) is 0 Å². The van der Waals surface area contributed by atoms with Crippen LogP contribution in [0.2, 0.25) is 5.02 Å². The Morgan fingerprint density at radius 1 is 1.26 bits per heavy atom. The standard InChI is InChI=1S/C12H18ClN3O2S/c1-9-7-10(13)11(14)8-12(9)19(17,18)15-16-5-3-2-4-6-16/h7-8,15H,2-6,14H2,1H3. The molecule has 5 nitrogen and oxygen atoms in total. The molecule has 0 aliphatic carbocycles. The summed E-state index contributed by atoms with van der Waals surface area (Å²) in [5.74, 6) is 0. The van der Waals surface area contributed by atoms with Gasteiger partial charge in [-0.15, -0.1) is 4.83 Å². The summed E-state index contributed by atoms with van der Waals surface area (Å²) in [6.07, 6.45) is 3.15. The van der Waals surface area contributed by atoms with E-state index >= 15 is 0 Å². The van der Waals surface area contributed by atoms with Crippen molar-refractivity contribution in [1.82, 2.24) is 9.84 Å². The molecule has 0 atom stereocenters. The Morgan fingerprint density at radius 2 is 1.89 bits per heavy atom. The van der Waals surface area contributed by atoms with Crippen LogP contribution in [-0.2, 0) is 10.0 Å². The summed E-state index contributed by atoms with van der Waals surface area (Å²) < 4.78 is 24.7. The highest BCUT2D eigenvalue weighted by molar-refractivity contribution is 7.89. The zero-order chi connectivity index (χ0) is 14.0. The lowest BCUT2D eigenvalue weighted by Gasteiger charge is -2.27. The van der Waals surface area contributed by atoms with Crippen LogP contribution in [0.1, 0.15) is 24.8 Å². The predicted octanol–water partition coefficient (Wildman–Crippen LogP) is 1.91. The summed E-state index contributed by atoms with van der Waals surface area (Å²) in [7, 11) is -3.59. The van der Waals surface area contributed by atoms with Crippen molar-refractivity contribution in [3.63, 3.8) is 0 Å². The molecule has 1 saturated heterocycles. The van der Waals surface area contributed by atoms with Gasteiger partial charge in [-0.2, -0.15) is 0 Å². The lowest BCUT2D eigenvalue weighted by Crippen LogP contribution is -2.45. The Hall–Kier alpha value is -0.820. The number of halogens is 1. The summed E-state index contributed by atoms with van der Waals surface area (Å²) in [6.45, 7) is 3.18. The minimum absolute atomic E-state index is 0.181. The quantitative estimate of drug-likeness (QED) is 0.836. The van der Waals surface area contributed by atoms with Crippen LogP contribution >= 0.6 is 11.6 Å². The maximum Gasteiger partial charge on any atom is 0.253 e. The van der Waals surface area contributed by atoms with Gasteiger partial charge in [-0.25, -0.2) is 13.4 Å². The fourth-order valence-corrected chi connectivity index (χ4v) is 3.77. The molecule has 0 unspecified atom stereocenters. The Bertz CT molecular complexity index is 569. The fraction of sp³-hybridized carbons (Fsp3) is 0.500. The highest BCUT2D eigenvalue weighted by Gasteiger charge is 2.22. The summed E-state index contributed by atoms with van der Waals surface area (Å²) in [5.41, 5.74) is 6.54. The molecule has 1 fully saturated rings. The number of sulfonamides is 1. The molecule has 19 heavy (non-hydrogen) atoms. The average molecular weight is 304 g/mol. The minimum atomic E-state index is -3.59. The van der Waals surface area contributed by atoms with E-state index in [1.165, 1.54) is 6.07 Å². The first-order chi connectivity index (χ1) is 8.90. The number of nitrogens with zero attached hydrogens (tertiary/aromatic N) is 1. The predicted molar refractivity (Wildman–Crippen MR) is 76.3 cm³/mol. The molecule has 0 bridgehead atoms. The number of nitrogens with one attached hydrogen (secondary N) is 1. The van der Waals surface area contributed by atoms with Crippen molar-refractivity contribution in [2.75, 3.05) is 18.8 Å². The van der Waals surface area contributed by atoms with Crippen molar-refractivity contribution in [2.24, 2.45) is 0 Å². The van der Waals surface area contributed by atoms with Gasteiger partial charge in [-0.05, 0) is 37.5 Å². The van der Waals surface area contributed by atoms with Gasteiger partial charge in [0.25, 0.3) is 10.0 Å². The monoisotopic (exact) mass is 303 g/mol. The summed E-state index contributed by atoms with van der Waals surface area (Å²) in [5, 5.41) is 2.11. The SMILES string of the molecule is Cc1cc(Cl)c(N)cc1S(=O)(=O)NN1CCCCC1. The van der Waals surface area contributed by atoms with E-state index in [4.69, 9.17) is 17.3 Å². The third kappa shape index (κ3) is 3.39. The van der Waals surface area contributed by atoms with Crippen LogP contribution in [0, 0.1) is 6.92 Å². The van der Waals surface area contributed by atoms with Gasteiger partial charge in [-0.3, -0.25) is 0 Å². The van der Waals surface area contributed by atoms with Gasteiger partial charge in [-0.1, -0.05) is 18.0 Å². The van der Waals surface area contributed by atoms with Crippen molar-refractivity contribution >= 4 is 27.3 Å². The molecule has 106 valence electrons. The van der Waals surface area contributed by atoms with Crippen molar-refractivity contribution < 1.29 is 8.42 Å². The minimum Gasteiger partial charge on any atom is -0.397 e. The number of aryl methyl sites for hydroxylation is 1. The van der Waals surface area contributed by atoms with Crippen molar-refractivity contribution in [3.8, 4) is 0 Å². The number of benzene rings is 1. The maximum atomic E-state index is 12.3. The van der Waals surface area contributed by atoms with Gasteiger partial charge < -0.3 is 5.73 Å². The van der Waals surface area contributed by atoms with Crippen LogP contribution in [0.15, 0.2) is 17.0 Å². The van der Waals surface area contributed by atoms with E-state index in [-0.39, 0.29) is 10.6 Å². The number of rotatable bonds is 3. The molecule has 0 aromatic heterocycles. The second kappa shape index (κ2) is 5.66. The molecule has 0 radical (unpaired) electrons.